The highest BCUT2D eigenvalue weighted by Gasteiger charge is 2.26. The number of fused-ring (bicyclic) bond motifs is 1. The van der Waals surface area contributed by atoms with Crippen molar-refractivity contribution in [2.24, 2.45) is 0 Å². The van der Waals surface area contributed by atoms with Crippen LogP contribution in [-0.4, -0.2) is 25.9 Å². The van der Waals surface area contributed by atoms with Gasteiger partial charge in [-0.2, -0.15) is 0 Å². The minimum absolute atomic E-state index is 0.0137. The lowest BCUT2D eigenvalue weighted by Crippen LogP contribution is -2.30. The zero-order valence-corrected chi connectivity index (χ0v) is 11.9. The second-order valence-electron chi connectivity index (χ2n) is 4.91. The van der Waals surface area contributed by atoms with Gasteiger partial charge in [0, 0.05) is 12.6 Å². The maximum absolute atomic E-state index is 5.41. The van der Waals surface area contributed by atoms with Crippen LogP contribution >= 0.6 is 0 Å². The van der Waals surface area contributed by atoms with Crippen molar-refractivity contribution in [3.8, 4) is 11.5 Å². The van der Waals surface area contributed by atoms with Crippen LogP contribution in [0.5, 0.6) is 11.5 Å². The number of hydrogen-bond acceptors (Lipinski definition) is 5. The molecule has 5 nitrogen and oxygen atoms in total. The Morgan fingerprint density at radius 1 is 1.20 bits per heavy atom. The molecule has 20 heavy (non-hydrogen) atoms. The number of aryl methyl sites for hydroxylation is 1. The second-order valence-corrected chi connectivity index (χ2v) is 4.91. The molecule has 5 heteroatoms. The molecule has 1 atom stereocenters. The summed E-state index contributed by atoms with van der Waals surface area (Å²) >= 11 is 0. The van der Waals surface area contributed by atoms with Crippen LogP contribution in [0.1, 0.15) is 28.6 Å². The Bertz CT molecular complexity index is 622. The van der Waals surface area contributed by atoms with Crippen molar-refractivity contribution < 1.29 is 14.0 Å². The third kappa shape index (κ3) is 2.14. The Kier molecular flexibility index (Phi) is 3.36. The lowest BCUT2D eigenvalue weighted by Gasteiger charge is -2.26. The van der Waals surface area contributed by atoms with Gasteiger partial charge in [-0.05, 0) is 36.6 Å². The highest BCUT2D eigenvalue weighted by molar-refractivity contribution is 5.50. The van der Waals surface area contributed by atoms with Gasteiger partial charge >= 0.3 is 0 Å². The molecular weight excluding hydrogens is 256 g/mol. The third-order valence-electron chi connectivity index (χ3n) is 3.63. The largest absolute Gasteiger partial charge is 0.493 e. The van der Waals surface area contributed by atoms with Crippen LogP contribution in [-0.2, 0) is 6.42 Å². The van der Waals surface area contributed by atoms with Crippen LogP contribution in [0, 0.1) is 6.92 Å². The molecule has 3 rings (SSSR count). The van der Waals surface area contributed by atoms with Crippen LogP contribution in [0.2, 0.25) is 0 Å². The molecule has 106 valence electrons. The molecule has 1 aliphatic heterocycles. The summed E-state index contributed by atoms with van der Waals surface area (Å²) in [5.74, 6) is 2.33. The Morgan fingerprint density at radius 3 is 2.60 bits per heavy atom. The zero-order valence-electron chi connectivity index (χ0n) is 11.9. The van der Waals surface area contributed by atoms with E-state index in [4.69, 9.17) is 14.0 Å². The van der Waals surface area contributed by atoms with Crippen LogP contribution in [0.4, 0.5) is 0 Å². The minimum atomic E-state index is 0.0137. The monoisotopic (exact) mass is 274 g/mol. The van der Waals surface area contributed by atoms with Crippen molar-refractivity contribution in [2.45, 2.75) is 19.4 Å². The van der Waals surface area contributed by atoms with Crippen LogP contribution < -0.4 is 14.8 Å². The lowest BCUT2D eigenvalue weighted by molar-refractivity contribution is 0.340. The van der Waals surface area contributed by atoms with Gasteiger partial charge in [0.25, 0.3) is 0 Å². The Morgan fingerprint density at radius 2 is 1.95 bits per heavy atom. The van der Waals surface area contributed by atoms with Gasteiger partial charge in [0.1, 0.15) is 0 Å². The molecule has 0 saturated heterocycles. The quantitative estimate of drug-likeness (QED) is 0.930. The number of rotatable bonds is 3. The first-order valence-corrected chi connectivity index (χ1v) is 6.64. The van der Waals surface area contributed by atoms with Gasteiger partial charge in [-0.3, -0.25) is 0 Å². The number of methoxy groups -OCH3 is 2. The number of nitrogens with zero attached hydrogens (tertiary/aromatic N) is 1. The van der Waals surface area contributed by atoms with Crippen LogP contribution in [0.25, 0.3) is 0 Å². The van der Waals surface area contributed by atoms with E-state index in [0.717, 1.165) is 41.5 Å². The number of hydrogen-bond donors (Lipinski definition) is 1. The molecule has 0 fully saturated rings. The molecule has 2 aromatic rings. The summed E-state index contributed by atoms with van der Waals surface area (Å²) in [4.78, 5) is 0. The summed E-state index contributed by atoms with van der Waals surface area (Å²) in [6.45, 7) is 2.82. The fraction of sp³-hybridized carbons (Fsp3) is 0.400. The second kappa shape index (κ2) is 5.17. The molecule has 0 unspecified atom stereocenters. The van der Waals surface area contributed by atoms with E-state index in [1.807, 2.05) is 25.1 Å². The predicted molar refractivity (Wildman–Crippen MR) is 74.3 cm³/mol. The topological polar surface area (TPSA) is 56.5 Å². The Hall–Kier alpha value is -2.01. The van der Waals surface area contributed by atoms with E-state index in [-0.39, 0.29) is 6.04 Å². The first-order valence-electron chi connectivity index (χ1n) is 6.64. The molecule has 1 N–H and O–H groups in total. The number of ether oxygens (including phenoxy) is 2. The molecule has 1 aromatic heterocycles. The van der Waals surface area contributed by atoms with E-state index in [2.05, 4.69) is 10.5 Å². The van der Waals surface area contributed by atoms with E-state index < -0.39 is 0 Å². The van der Waals surface area contributed by atoms with E-state index >= 15 is 0 Å². The Labute approximate surface area is 117 Å². The molecule has 0 radical (unpaired) electrons. The maximum atomic E-state index is 5.41. The first-order chi connectivity index (χ1) is 9.72. The van der Waals surface area contributed by atoms with Gasteiger partial charge < -0.3 is 19.3 Å². The summed E-state index contributed by atoms with van der Waals surface area (Å²) in [7, 11) is 3.30. The van der Waals surface area contributed by atoms with Crippen molar-refractivity contribution in [3.05, 3.63) is 40.8 Å². The fourth-order valence-corrected chi connectivity index (χ4v) is 2.66. The average Bonchev–Trinajstić information content (AvgIpc) is 2.91. The molecule has 0 amide bonds. The smallest absolute Gasteiger partial charge is 0.161 e. The van der Waals surface area contributed by atoms with E-state index in [1.54, 1.807) is 14.2 Å². The van der Waals surface area contributed by atoms with Gasteiger partial charge in [0.05, 0.1) is 26.0 Å². The van der Waals surface area contributed by atoms with Crippen LogP contribution in [0.3, 0.4) is 0 Å². The molecule has 1 aliphatic rings. The Balaban J connectivity index is 2.07. The van der Waals surface area contributed by atoms with E-state index in [0.29, 0.717) is 0 Å². The van der Waals surface area contributed by atoms with Gasteiger partial charge in [-0.15, -0.1) is 0 Å². The first kappa shape index (κ1) is 13.0. The van der Waals surface area contributed by atoms with Gasteiger partial charge in [-0.25, -0.2) is 0 Å². The standard InChI is InChI=1S/C15H18N2O3/c1-9-6-14(20-17-9)15-11-8-13(19-3)12(18-2)7-10(11)4-5-16-15/h6-8,15-16H,4-5H2,1-3H3/t15-/m0/s1. The van der Waals surface area contributed by atoms with Crippen molar-refractivity contribution in [1.82, 2.24) is 10.5 Å². The van der Waals surface area contributed by atoms with E-state index in [1.165, 1.54) is 5.56 Å². The van der Waals surface area contributed by atoms with Crippen molar-refractivity contribution in [1.29, 1.82) is 0 Å². The van der Waals surface area contributed by atoms with Crippen LogP contribution in [0.15, 0.2) is 22.7 Å². The van der Waals surface area contributed by atoms with E-state index in [9.17, 15) is 0 Å². The van der Waals surface area contributed by atoms with Gasteiger partial charge in [-0.1, -0.05) is 5.16 Å². The average molecular weight is 274 g/mol. The molecule has 0 aliphatic carbocycles. The predicted octanol–water partition coefficient (Wildman–Crippen LogP) is 2.24. The zero-order chi connectivity index (χ0) is 14.1. The summed E-state index contributed by atoms with van der Waals surface area (Å²) in [5, 5.41) is 7.43. The summed E-state index contributed by atoms with van der Waals surface area (Å²) in [6.07, 6.45) is 0.958. The van der Waals surface area contributed by atoms with Gasteiger partial charge in [0.2, 0.25) is 0 Å². The van der Waals surface area contributed by atoms with Crippen molar-refractivity contribution in [3.63, 3.8) is 0 Å². The molecule has 0 saturated carbocycles. The highest BCUT2D eigenvalue weighted by atomic mass is 16.5. The minimum Gasteiger partial charge on any atom is -0.493 e. The van der Waals surface area contributed by atoms with Crippen molar-refractivity contribution >= 4 is 0 Å². The summed E-state index contributed by atoms with van der Waals surface area (Å²) < 4.78 is 16.2. The molecule has 0 spiro atoms. The summed E-state index contributed by atoms with van der Waals surface area (Å²) in [5.41, 5.74) is 3.29. The fourth-order valence-electron chi connectivity index (χ4n) is 2.66. The number of benzene rings is 1. The molecule has 0 bridgehead atoms. The molecule has 1 aromatic carbocycles. The number of aromatic nitrogens is 1. The molecular formula is C15H18N2O3. The normalized spacial score (nSPS) is 17.6. The highest BCUT2D eigenvalue weighted by Crippen LogP contribution is 2.37. The third-order valence-corrected chi connectivity index (χ3v) is 3.63. The summed E-state index contributed by atoms with van der Waals surface area (Å²) in [6, 6.07) is 6.04. The SMILES string of the molecule is COc1cc2c(cc1OC)[C@@H](c1cc(C)no1)NCC2. The molecule has 2 heterocycles. The number of nitrogens with one attached hydrogen (secondary N) is 1. The van der Waals surface area contributed by atoms with Gasteiger partial charge in [0.15, 0.2) is 17.3 Å². The lowest BCUT2D eigenvalue weighted by atomic mass is 9.92. The maximum Gasteiger partial charge on any atom is 0.161 e. The van der Waals surface area contributed by atoms with Crippen molar-refractivity contribution in [2.75, 3.05) is 20.8 Å².